The van der Waals surface area contributed by atoms with Gasteiger partial charge in [-0.25, -0.2) is 9.97 Å². The lowest BCUT2D eigenvalue weighted by Crippen LogP contribution is -1.94. The van der Waals surface area contributed by atoms with Crippen molar-refractivity contribution < 1.29 is 0 Å². The highest BCUT2D eigenvalue weighted by molar-refractivity contribution is 7.19. The number of alkyl halides is 2. The summed E-state index contributed by atoms with van der Waals surface area (Å²) in [6.45, 7) is 0. The fourth-order valence-electron chi connectivity index (χ4n) is 2.06. The molecule has 0 unspecified atom stereocenters. The number of thiophene rings is 1. The van der Waals surface area contributed by atoms with Crippen LogP contribution in [0, 0.1) is 0 Å². The standard InChI is InChI=1S/C10H7Cl3N2S/c11-7(12)9-14-8(13)6-4-2-1-3-5(4)16-10(6)15-9/h7H,1-3H2. The van der Waals surface area contributed by atoms with Crippen LogP contribution in [0.1, 0.15) is 27.5 Å². The summed E-state index contributed by atoms with van der Waals surface area (Å²) < 4.78 is 0. The summed E-state index contributed by atoms with van der Waals surface area (Å²) in [5, 5.41) is 1.47. The molecule has 6 heteroatoms. The Morgan fingerprint density at radius 3 is 2.75 bits per heavy atom. The smallest absolute Gasteiger partial charge is 0.167 e. The lowest BCUT2D eigenvalue weighted by Gasteiger charge is -2.02. The van der Waals surface area contributed by atoms with Crippen molar-refractivity contribution in [3.05, 3.63) is 21.4 Å². The van der Waals surface area contributed by atoms with Crippen LogP contribution in [0.3, 0.4) is 0 Å². The van der Waals surface area contributed by atoms with Gasteiger partial charge in [0.25, 0.3) is 0 Å². The highest BCUT2D eigenvalue weighted by atomic mass is 35.5. The van der Waals surface area contributed by atoms with Gasteiger partial charge < -0.3 is 0 Å². The number of hydrogen-bond acceptors (Lipinski definition) is 3. The van der Waals surface area contributed by atoms with Crippen molar-refractivity contribution in [2.75, 3.05) is 0 Å². The molecule has 3 rings (SSSR count). The third kappa shape index (κ3) is 1.61. The topological polar surface area (TPSA) is 25.8 Å². The van der Waals surface area contributed by atoms with Crippen LogP contribution in [0.4, 0.5) is 0 Å². The normalized spacial score (nSPS) is 15.0. The van der Waals surface area contributed by atoms with Crippen LogP contribution < -0.4 is 0 Å². The zero-order chi connectivity index (χ0) is 11.3. The van der Waals surface area contributed by atoms with Crippen molar-refractivity contribution in [2.45, 2.75) is 24.1 Å². The molecule has 2 aromatic heterocycles. The summed E-state index contributed by atoms with van der Waals surface area (Å²) in [7, 11) is 0. The summed E-state index contributed by atoms with van der Waals surface area (Å²) in [6.07, 6.45) is 3.39. The van der Waals surface area contributed by atoms with E-state index in [4.69, 9.17) is 34.8 Å². The first kappa shape index (κ1) is 11.0. The summed E-state index contributed by atoms with van der Waals surface area (Å²) in [5.41, 5.74) is 1.32. The maximum Gasteiger partial charge on any atom is 0.167 e. The second-order valence-electron chi connectivity index (χ2n) is 3.71. The number of aromatic nitrogens is 2. The van der Waals surface area contributed by atoms with Gasteiger partial charge in [-0.3, -0.25) is 0 Å². The van der Waals surface area contributed by atoms with E-state index < -0.39 is 4.84 Å². The van der Waals surface area contributed by atoms with Crippen LogP contribution in [0.2, 0.25) is 5.15 Å². The van der Waals surface area contributed by atoms with Gasteiger partial charge in [0.15, 0.2) is 10.7 Å². The number of aryl methyl sites for hydroxylation is 2. The maximum absolute atomic E-state index is 6.17. The Morgan fingerprint density at radius 1 is 1.19 bits per heavy atom. The van der Waals surface area contributed by atoms with Crippen LogP contribution in [0.15, 0.2) is 0 Å². The minimum atomic E-state index is -0.723. The molecular formula is C10H7Cl3N2S. The molecule has 2 aromatic rings. The van der Waals surface area contributed by atoms with Crippen molar-refractivity contribution in [2.24, 2.45) is 0 Å². The van der Waals surface area contributed by atoms with E-state index in [1.807, 2.05) is 0 Å². The second-order valence-corrected chi connectivity index (χ2v) is 6.25. The van der Waals surface area contributed by atoms with E-state index in [-0.39, 0.29) is 0 Å². The first-order valence-electron chi connectivity index (χ1n) is 4.92. The number of hydrogen-bond donors (Lipinski definition) is 0. The highest BCUT2D eigenvalue weighted by Crippen LogP contribution is 2.40. The zero-order valence-electron chi connectivity index (χ0n) is 8.14. The molecule has 0 N–H and O–H groups in total. The van der Waals surface area contributed by atoms with Crippen LogP contribution in [-0.4, -0.2) is 9.97 Å². The molecule has 1 aliphatic carbocycles. The summed E-state index contributed by atoms with van der Waals surface area (Å²) in [6, 6.07) is 0. The Balaban J connectivity index is 2.30. The highest BCUT2D eigenvalue weighted by Gasteiger charge is 2.22. The zero-order valence-corrected chi connectivity index (χ0v) is 11.2. The van der Waals surface area contributed by atoms with E-state index in [0.29, 0.717) is 11.0 Å². The molecule has 0 aromatic carbocycles. The summed E-state index contributed by atoms with van der Waals surface area (Å²) >= 11 is 19.4. The van der Waals surface area contributed by atoms with E-state index in [0.717, 1.165) is 23.1 Å². The number of fused-ring (bicyclic) bond motifs is 3. The van der Waals surface area contributed by atoms with Crippen LogP contribution in [-0.2, 0) is 12.8 Å². The average molecular weight is 294 g/mol. The van der Waals surface area contributed by atoms with Crippen molar-refractivity contribution >= 4 is 56.4 Å². The third-order valence-electron chi connectivity index (χ3n) is 2.73. The molecule has 0 saturated carbocycles. The molecule has 0 spiro atoms. The lowest BCUT2D eigenvalue weighted by atomic mass is 10.2. The molecular weight excluding hydrogens is 287 g/mol. The Morgan fingerprint density at radius 2 is 2.00 bits per heavy atom. The molecule has 2 heterocycles. The molecule has 0 amide bonds. The van der Waals surface area contributed by atoms with Gasteiger partial charge in [-0.05, 0) is 24.8 Å². The SMILES string of the molecule is Clc1nc(C(Cl)Cl)nc2sc3c(c12)CCC3. The number of halogens is 3. The average Bonchev–Trinajstić information content (AvgIpc) is 2.75. The monoisotopic (exact) mass is 292 g/mol. The molecule has 0 radical (unpaired) electrons. The number of rotatable bonds is 1. The molecule has 0 atom stereocenters. The van der Waals surface area contributed by atoms with Gasteiger partial charge in [-0.2, -0.15) is 0 Å². The van der Waals surface area contributed by atoms with Gasteiger partial charge in [0.1, 0.15) is 9.98 Å². The molecule has 0 saturated heterocycles. The van der Waals surface area contributed by atoms with E-state index in [1.54, 1.807) is 11.3 Å². The van der Waals surface area contributed by atoms with Gasteiger partial charge >= 0.3 is 0 Å². The van der Waals surface area contributed by atoms with E-state index in [2.05, 4.69) is 9.97 Å². The summed E-state index contributed by atoms with van der Waals surface area (Å²) in [4.78, 5) is 10.1. The van der Waals surface area contributed by atoms with Gasteiger partial charge in [-0.1, -0.05) is 34.8 Å². The summed E-state index contributed by atoms with van der Waals surface area (Å²) in [5.74, 6) is 0.390. The Hall–Kier alpha value is -0.0900. The quantitative estimate of drug-likeness (QED) is 0.578. The predicted octanol–water partition coefficient (Wildman–Crippen LogP) is 4.31. The predicted molar refractivity (Wildman–Crippen MR) is 68.9 cm³/mol. The molecule has 2 nitrogen and oxygen atoms in total. The maximum atomic E-state index is 6.17. The van der Waals surface area contributed by atoms with Crippen LogP contribution in [0.25, 0.3) is 10.2 Å². The van der Waals surface area contributed by atoms with Gasteiger partial charge in [-0.15, -0.1) is 11.3 Å². The van der Waals surface area contributed by atoms with Crippen molar-refractivity contribution in [3.63, 3.8) is 0 Å². The van der Waals surface area contributed by atoms with Gasteiger partial charge in [0.2, 0.25) is 0 Å². The molecule has 1 aliphatic rings. The van der Waals surface area contributed by atoms with E-state index >= 15 is 0 Å². The Labute approximate surface area is 112 Å². The molecule has 0 fully saturated rings. The van der Waals surface area contributed by atoms with Gasteiger partial charge in [0, 0.05) is 4.88 Å². The van der Waals surface area contributed by atoms with Crippen LogP contribution >= 0.6 is 46.1 Å². The van der Waals surface area contributed by atoms with Crippen LogP contribution in [0.5, 0.6) is 0 Å². The first-order chi connectivity index (χ1) is 7.66. The lowest BCUT2D eigenvalue weighted by molar-refractivity contribution is 0.916. The Kier molecular flexibility index (Phi) is 2.75. The van der Waals surface area contributed by atoms with Gasteiger partial charge in [0.05, 0.1) is 5.39 Å². The minimum Gasteiger partial charge on any atom is -0.219 e. The Bertz CT molecular complexity index is 565. The third-order valence-corrected chi connectivity index (χ3v) is 4.58. The van der Waals surface area contributed by atoms with Crippen molar-refractivity contribution in [1.82, 2.24) is 9.97 Å². The largest absolute Gasteiger partial charge is 0.219 e. The molecule has 16 heavy (non-hydrogen) atoms. The van der Waals surface area contributed by atoms with Crippen molar-refractivity contribution in [3.8, 4) is 0 Å². The van der Waals surface area contributed by atoms with Crippen molar-refractivity contribution in [1.29, 1.82) is 0 Å². The molecule has 84 valence electrons. The molecule has 0 aliphatic heterocycles. The van der Waals surface area contributed by atoms with E-state index in [9.17, 15) is 0 Å². The molecule has 0 bridgehead atoms. The fraction of sp³-hybridized carbons (Fsp3) is 0.400. The first-order valence-corrected chi connectivity index (χ1v) is 6.99. The second kappa shape index (κ2) is 3.98. The van der Waals surface area contributed by atoms with E-state index in [1.165, 1.54) is 16.9 Å². The minimum absolute atomic E-state index is 0.390. The number of nitrogens with zero attached hydrogens (tertiary/aromatic N) is 2. The fourth-order valence-corrected chi connectivity index (χ4v) is 3.87.